The maximum atomic E-state index is 3.52. The average Bonchev–Trinajstić information content (AvgIpc) is 2.34. The zero-order valence-electron chi connectivity index (χ0n) is 12.2. The number of hydrogen-bond acceptors (Lipinski definition) is 2. The van der Waals surface area contributed by atoms with Crippen LogP contribution < -0.4 is 5.32 Å². The largest absolute Gasteiger partial charge is 0.314 e. The minimum absolute atomic E-state index is 0.665. The molecule has 1 aliphatic rings. The molecule has 1 N–H and O–H groups in total. The number of nitrogens with zero attached hydrogens (tertiary/aromatic N) is 1. The highest BCUT2D eigenvalue weighted by atomic mass is 15.2. The van der Waals surface area contributed by atoms with E-state index >= 15 is 0 Å². The van der Waals surface area contributed by atoms with E-state index in [1.807, 2.05) is 0 Å². The van der Waals surface area contributed by atoms with Gasteiger partial charge in [-0.3, -0.25) is 4.90 Å². The third kappa shape index (κ3) is 3.12. The number of nitrogens with one attached hydrogen (secondary N) is 1. The first-order chi connectivity index (χ1) is 8.58. The summed E-state index contributed by atoms with van der Waals surface area (Å²) >= 11 is 0. The van der Waals surface area contributed by atoms with Crippen molar-refractivity contribution >= 4 is 0 Å². The van der Waals surface area contributed by atoms with Gasteiger partial charge in [0.15, 0.2) is 0 Å². The van der Waals surface area contributed by atoms with Crippen LogP contribution in [0.4, 0.5) is 0 Å². The van der Waals surface area contributed by atoms with Gasteiger partial charge in [0.05, 0.1) is 0 Å². The molecule has 18 heavy (non-hydrogen) atoms. The summed E-state index contributed by atoms with van der Waals surface area (Å²) in [6, 6.07) is 7.46. The first-order valence-electron chi connectivity index (χ1n) is 7.09. The minimum atomic E-state index is 0.665. The van der Waals surface area contributed by atoms with Crippen LogP contribution in [0, 0.1) is 19.8 Å². The topological polar surface area (TPSA) is 15.3 Å². The van der Waals surface area contributed by atoms with Crippen LogP contribution in [0.3, 0.4) is 0 Å². The Labute approximate surface area is 111 Å². The van der Waals surface area contributed by atoms with Gasteiger partial charge in [-0.05, 0) is 30.9 Å². The summed E-state index contributed by atoms with van der Waals surface area (Å²) < 4.78 is 0. The standard InChI is InChI=1S/C16H26N2/c1-12(2)16-10-17-7-8-18(16)11-15-9-13(3)5-6-14(15)4/h5-6,9,12,16-17H,7-8,10-11H2,1-4H3. The molecule has 0 bridgehead atoms. The lowest BCUT2D eigenvalue weighted by atomic mass is 9.98. The first kappa shape index (κ1) is 13.6. The number of benzene rings is 1. The van der Waals surface area contributed by atoms with E-state index in [4.69, 9.17) is 0 Å². The van der Waals surface area contributed by atoms with Crippen LogP contribution in [0.5, 0.6) is 0 Å². The normalized spacial score (nSPS) is 21.5. The Kier molecular flexibility index (Phi) is 4.41. The lowest BCUT2D eigenvalue weighted by molar-refractivity contribution is 0.117. The van der Waals surface area contributed by atoms with E-state index in [9.17, 15) is 0 Å². The molecule has 100 valence electrons. The summed E-state index contributed by atoms with van der Waals surface area (Å²) in [6.45, 7) is 13.6. The molecule has 2 nitrogen and oxygen atoms in total. The van der Waals surface area contributed by atoms with E-state index in [0.29, 0.717) is 12.0 Å². The Morgan fingerprint density at radius 1 is 1.33 bits per heavy atom. The molecule has 2 heteroatoms. The van der Waals surface area contributed by atoms with Gasteiger partial charge < -0.3 is 5.32 Å². The predicted octanol–water partition coefficient (Wildman–Crippen LogP) is 2.73. The third-order valence-corrected chi connectivity index (χ3v) is 4.05. The Bertz CT molecular complexity index is 398. The molecule has 0 spiro atoms. The van der Waals surface area contributed by atoms with Crippen molar-refractivity contribution in [1.82, 2.24) is 10.2 Å². The first-order valence-corrected chi connectivity index (χ1v) is 7.09. The van der Waals surface area contributed by atoms with Crippen molar-refractivity contribution < 1.29 is 0 Å². The quantitative estimate of drug-likeness (QED) is 0.882. The molecule has 0 amide bonds. The van der Waals surface area contributed by atoms with Crippen LogP contribution in [0.1, 0.15) is 30.5 Å². The van der Waals surface area contributed by atoms with Crippen LogP contribution in [-0.2, 0) is 6.54 Å². The van der Waals surface area contributed by atoms with Crippen LogP contribution in [0.2, 0.25) is 0 Å². The van der Waals surface area contributed by atoms with Crippen molar-refractivity contribution in [1.29, 1.82) is 0 Å². The number of hydrogen-bond donors (Lipinski definition) is 1. The van der Waals surface area contributed by atoms with Crippen LogP contribution in [-0.4, -0.2) is 30.6 Å². The van der Waals surface area contributed by atoms with Gasteiger partial charge >= 0.3 is 0 Å². The number of aryl methyl sites for hydroxylation is 2. The Balaban J connectivity index is 2.13. The molecule has 2 rings (SSSR count). The summed E-state index contributed by atoms with van der Waals surface area (Å²) in [4.78, 5) is 2.64. The van der Waals surface area contributed by atoms with Crippen molar-refractivity contribution in [2.75, 3.05) is 19.6 Å². The highest BCUT2D eigenvalue weighted by Gasteiger charge is 2.24. The minimum Gasteiger partial charge on any atom is -0.314 e. The van der Waals surface area contributed by atoms with E-state index in [1.54, 1.807) is 0 Å². The van der Waals surface area contributed by atoms with E-state index in [0.717, 1.165) is 26.2 Å². The Hall–Kier alpha value is -0.860. The molecule has 0 aliphatic carbocycles. The summed E-state index contributed by atoms with van der Waals surface area (Å²) in [5, 5.41) is 3.52. The smallest absolute Gasteiger partial charge is 0.0247 e. The molecule has 0 saturated carbocycles. The van der Waals surface area contributed by atoms with Gasteiger partial charge in [0.1, 0.15) is 0 Å². The van der Waals surface area contributed by atoms with Gasteiger partial charge in [0.2, 0.25) is 0 Å². The molecule has 0 aromatic heterocycles. The maximum absolute atomic E-state index is 3.52. The fraction of sp³-hybridized carbons (Fsp3) is 0.625. The van der Waals surface area contributed by atoms with Crippen molar-refractivity contribution in [3.63, 3.8) is 0 Å². The molecule has 1 heterocycles. The summed E-state index contributed by atoms with van der Waals surface area (Å²) in [5.74, 6) is 0.711. The molecule has 1 saturated heterocycles. The zero-order valence-corrected chi connectivity index (χ0v) is 12.2. The van der Waals surface area contributed by atoms with Crippen LogP contribution in [0.25, 0.3) is 0 Å². The van der Waals surface area contributed by atoms with Crippen LogP contribution >= 0.6 is 0 Å². The lowest BCUT2D eigenvalue weighted by Gasteiger charge is -2.39. The van der Waals surface area contributed by atoms with E-state index in [1.165, 1.54) is 16.7 Å². The average molecular weight is 246 g/mol. The van der Waals surface area contributed by atoms with Crippen molar-refractivity contribution in [2.24, 2.45) is 5.92 Å². The molecule has 0 radical (unpaired) electrons. The van der Waals surface area contributed by atoms with Crippen molar-refractivity contribution in [3.05, 3.63) is 34.9 Å². The molecule has 1 atom stereocenters. The van der Waals surface area contributed by atoms with Gasteiger partial charge in [-0.1, -0.05) is 37.6 Å². The lowest BCUT2D eigenvalue weighted by Crippen LogP contribution is -2.53. The maximum Gasteiger partial charge on any atom is 0.0247 e. The molecule has 1 aliphatic heterocycles. The monoisotopic (exact) mass is 246 g/mol. The van der Waals surface area contributed by atoms with Gasteiger partial charge in [-0.25, -0.2) is 0 Å². The fourth-order valence-electron chi connectivity index (χ4n) is 2.81. The number of rotatable bonds is 3. The fourth-order valence-corrected chi connectivity index (χ4v) is 2.81. The molecule has 1 aromatic carbocycles. The van der Waals surface area contributed by atoms with E-state index in [-0.39, 0.29) is 0 Å². The van der Waals surface area contributed by atoms with Gasteiger partial charge in [-0.2, -0.15) is 0 Å². The Morgan fingerprint density at radius 3 is 2.83 bits per heavy atom. The van der Waals surface area contributed by atoms with E-state index in [2.05, 4.69) is 56.1 Å². The molecule has 1 fully saturated rings. The SMILES string of the molecule is Cc1ccc(C)c(CN2CCNCC2C(C)C)c1. The van der Waals surface area contributed by atoms with Crippen molar-refractivity contribution in [3.8, 4) is 0 Å². The van der Waals surface area contributed by atoms with Crippen molar-refractivity contribution in [2.45, 2.75) is 40.3 Å². The predicted molar refractivity (Wildman–Crippen MR) is 77.8 cm³/mol. The number of piperazine rings is 1. The summed E-state index contributed by atoms with van der Waals surface area (Å²) in [7, 11) is 0. The van der Waals surface area contributed by atoms with Gasteiger partial charge in [0, 0.05) is 32.2 Å². The molecule has 1 unspecified atom stereocenters. The molecule has 1 aromatic rings. The second-order valence-electron chi connectivity index (χ2n) is 5.92. The highest BCUT2D eigenvalue weighted by Crippen LogP contribution is 2.19. The third-order valence-electron chi connectivity index (χ3n) is 4.05. The second kappa shape index (κ2) is 5.85. The summed E-state index contributed by atoms with van der Waals surface area (Å²) in [5.41, 5.74) is 4.27. The highest BCUT2D eigenvalue weighted by molar-refractivity contribution is 5.30. The summed E-state index contributed by atoms with van der Waals surface area (Å²) in [6.07, 6.45) is 0. The van der Waals surface area contributed by atoms with Crippen LogP contribution in [0.15, 0.2) is 18.2 Å². The Morgan fingerprint density at radius 2 is 2.11 bits per heavy atom. The second-order valence-corrected chi connectivity index (χ2v) is 5.92. The molecular weight excluding hydrogens is 220 g/mol. The van der Waals surface area contributed by atoms with Gasteiger partial charge in [-0.15, -0.1) is 0 Å². The van der Waals surface area contributed by atoms with E-state index < -0.39 is 0 Å². The molecular formula is C16H26N2. The van der Waals surface area contributed by atoms with Gasteiger partial charge in [0.25, 0.3) is 0 Å². The zero-order chi connectivity index (χ0) is 13.1.